The van der Waals surface area contributed by atoms with Gasteiger partial charge in [0.2, 0.25) is 5.67 Å². The average molecular weight is 226 g/mol. The van der Waals surface area contributed by atoms with Gasteiger partial charge >= 0.3 is 5.97 Å². The maximum absolute atomic E-state index is 14.3. The molecule has 0 atom stereocenters. The second-order valence-electron chi connectivity index (χ2n) is 5.41. The van der Waals surface area contributed by atoms with Crippen LogP contribution in [0.3, 0.4) is 0 Å². The lowest BCUT2D eigenvalue weighted by atomic mass is 9.80. The maximum atomic E-state index is 14.3. The van der Waals surface area contributed by atoms with Crippen molar-refractivity contribution in [3.63, 3.8) is 0 Å². The molecule has 2 nitrogen and oxygen atoms in total. The Kier molecular flexibility index (Phi) is 3.62. The van der Waals surface area contributed by atoms with Crippen molar-refractivity contribution in [2.24, 2.45) is 5.92 Å². The van der Waals surface area contributed by atoms with Gasteiger partial charge < -0.3 is 4.74 Å². The van der Waals surface area contributed by atoms with E-state index in [0.29, 0.717) is 12.8 Å². The van der Waals surface area contributed by atoms with Crippen LogP contribution in [0.15, 0.2) is 0 Å². The minimum atomic E-state index is -1.83. The molecule has 1 aliphatic rings. The van der Waals surface area contributed by atoms with Crippen LogP contribution < -0.4 is 0 Å². The quantitative estimate of drug-likeness (QED) is 0.507. The van der Waals surface area contributed by atoms with Gasteiger partial charge in [-0.1, -0.05) is 0 Å². The molecule has 0 heterocycles. The van der Waals surface area contributed by atoms with Crippen molar-refractivity contribution in [3.05, 3.63) is 0 Å². The third-order valence-corrected chi connectivity index (χ3v) is 2.78. The number of ether oxygens (including phenoxy) is 1. The number of hydrogen-bond donors (Lipinski definition) is 0. The van der Waals surface area contributed by atoms with Crippen LogP contribution in [0.2, 0.25) is 0 Å². The van der Waals surface area contributed by atoms with Crippen molar-refractivity contribution in [1.29, 1.82) is 0 Å². The van der Waals surface area contributed by atoms with Crippen LogP contribution in [0.25, 0.3) is 0 Å². The highest BCUT2D eigenvalue weighted by Gasteiger charge is 2.44. The highest BCUT2D eigenvalue weighted by molar-refractivity contribution is 5.79. The molecule has 0 radical (unpaired) electrons. The highest BCUT2D eigenvalue weighted by atomic mass is 19.1. The van der Waals surface area contributed by atoms with E-state index in [0.717, 1.165) is 0 Å². The first kappa shape index (κ1) is 13.0. The molecule has 0 N–H and O–H groups in total. The molecule has 0 amide bonds. The van der Waals surface area contributed by atoms with Crippen LogP contribution >= 0.6 is 0 Å². The van der Waals surface area contributed by atoms with Crippen molar-refractivity contribution < 1.29 is 13.9 Å². The number of esters is 1. The summed E-state index contributed by atoms with van der Waals surface area (Å²) in [5.41, 5.74) is -2.47. The molecule has 1 fully saturated rings. The lowest BCUT2D eigenvalue weighted by Crippen LogP contribution is -2.42. The molecular weight excluding hydrogens is 207 g/mol. The number of terminal acetylenes is 1. The molecule has 0 saturated heterocycles. The van der Waals surface area contributed by atoms with E-state index in [1.54, 1.807) is 20.8 Å². The molecule has 0 aromatic heterocycles. The van der Waals surface area contributed by atoms with E-state index in [-0.39, 0.29) is 18.8 Å². The molecule has 3 heteroatoms. The minimum absolute atomic E-state index is 0.103. The van der Waals surface area contributed by atoms with Gasteiger partial charge in [-0.2, -0.15) is 0 Å². The highest BCUT2D eigenvalue weighted by Crippen LogP contribution is 2.36. The monoisotopic (exact) mass is 226 g/mol. The fourth-order valence-electron chi connectivity index (χ4n) is 1.82. The zero-order valence-corrected chi connectivity index (χ0v) is 10.2. The molecular formula is C13H19FO2. The van der Waals surface area contributed by atoms with Gasteiger partial charge in [-0.05, 0) is 46.5 Å². The van der Waals surface area contributed by atoms with E-state index in [2.05, 4.69) is 5.92 Å². The smallest absolute Gasteiger partial charge is 0.344 e. The Hall–Kier alpha value is -1.04. The molecule has 16 heavy (non-hydrogen) atoms. The van der Waals surface area contributed by atoms with Crippen molar-refractivity contribution >= 4 is 5.97 Å². The SMILES string of the molecule is C#CC1CCC(F)(C(=O)OC(C)(C)C)CC1. The number of alkyl halides is 1. The van der Waals surface area contributed by atoms with Crippen LogP contribution in [0, 0.1) is 18.3 Å². The fourth-order valence-corrected chi connectivity index (χ4v) is 1.82. The molecule has 0 bridgehead atoms. The Morgan fingerprint density at radius 3 is 2.31 bits per heavy atom. The predicted molar refractivity (Wildman–Crippen MR) is 60.5 cm³/mol. The molecule has 0 unspecified atom stereocenters. The number of halogens is 1. The van der Waals surface area contributed by atoms with E-state index in [1.165, 1.54) is 0 Å². The van der Waals surface area contributed by atoms with Gasteiger partial charge in [0.05, 0.1) is 0 Å². The number of carbonyl (C=O) groups excluding carboxylic acids is 1. The molecule has 1 saturated carbocycles. The Morgan fingerprint density at radius 1 is 1.44 bits per heavy atom. The Morgan fingerprint density at radius 2 is 1.94 bits per heavy atom. The van der Waals surface area contributed by atoms with Gasteiger partial charge in [-0.15, -0.1) is 12.3 Å². The first-order valence-electron chi connectivity index (χ1n) is 5.65. The maximum Gasteiger partial charge on any atom is 0.344 e. The van der Waals surface area contributed by atoms with Crippen LogP contribution in [0.4, 0.5) is 4.39 Å². The normalized spacial score (nSPS) is 30.6. The summed E-state index contributed by atoms with van der Waals surface area (Å²) in [5, 5.41) is 0. The third-order valence-electron chi connectivity index (χ3n) is 2.78. The summed E-state index contributed by atoms with van der Waals surface area (Å²) in [6, 6.07) is 0. The molecule has 0 aliphatic heterocycles. The third kappa shape index (κ3) is 3.23. The predicted octanol–water partition coefficient (Wildman–Crippen LogP) is 2.86. The summed E-state index contributed by atoms with van der Waals surface area (Å²) < 4.78 is 19.3. The van der Waals surface area contributed by atoms with Gasteiger partial charge in [0, 0.05) is 5.92 Å². The fraction of sp³-hybridized carbons (Fsp3) is 0.769. The van der Waals surface area contributed by atoms with Crippen LogP contribution in [0.1, 0.15) is 46.5 Å². The van der Waals surface area contributed by atoms with Crippen LogP contribution in [-0.2, 0) is 9.53 Å². The van der Waals surface area contributed by atoms with E-state index in [4.69, 9.17) is 11.2 Å². The van der Waals surface area contributed by atoms with Crippen molar-refractivity contribution in [2.75, 3.05) is 0 Å². The van der Waals surface area contributed by atoms with Gasteiger partial charge in [0.15, 0.2) is 0 Å². The number of rotatable bonds is 1. The average Bonchev–Trinajstić information content (AvgIpc) is 2.16. The molecule has 90 valence electrons. The van der Waals surface area contributed by atoms with Gasteiger partial charge in [-0.25, -0.2) is 9.18 Å². The van der Waals surface area contributed by atoms with E-state index in [1.807, 2.05) is 0 Å². The van der Waals surface area contributed by atoms with Gasteiger partial charge in [0.25, 0.3) is 0 Å². The topological polar surface area (TPSA) is 26.3 Å². The lowest BCUT2D eigenvalue weighted by Gasteiger charge is -2.32. The van der Waals surface area contributed by atoms with Crippen molar-refractivity contribution in [2.45, 2.75) is 57.7 Å². The summed E-state index contributed by atoms with van der Waals surface area (Å²) in [4.78, 5) is 11.7. The van der Waals surface area contributed by atoms with E-state index < -0.39 is 17.2 Å². The zero-order valence-electron chi connectivity index (χ0n) is 10.2. The molecule has 0 aromatic rings. The van der Waals surface area contributed by atoms with Gasteiger partial charge in [0.1, 0.15) is 5.60 Å². The van der Waals surface area contributed by atoms with Crippen LogP contribution in [-0.4, -0.2) is 17.2 Å². The second-order valence-corrected chi connectivity index (χ2v) is 5.41. The van der Waals surface area contributed by atoms with E-state index >= 15 is 0 Å². The Labute approximate surface area is 96.6 Å². The molecule has 0 spiro atoms. The Balaban J connectivity index is 2.60. The van der Waals surface area contributed by atoms with Crippen molar-refractivity contribution in [1.82, 2.24) is 0 Å². The van der Waals surface area contributed by atoms with Crippen LogP contribution in [0.5, 0.6) is 0 Å². The lowest BCUT2D eigenvalue weighted by molar-refractivity contribution is -0.172. The number of hydrogen-bond acceptors (Lipinski definition) is 2. The van der Waals surface area contributed by atoms with E-state index in [9.17, 15) is 9.18 Å². The second kappa shape index (κ2) is 4.45. The first-order valence-corrected chi connectivity index (χ1v) is 5.65. The Bertz CT molecular complexity index is 301. The summed E-state index contributed by atoms with van der Waals surface area (Å²) >= 11 is 0. The van der Waals surface area contributed by atoms with Crippen molar-refractivity contribution in [3.8, 4) is 12.3 Å². The summed E-state index contributed by atoms with van der Waals surface area (Å²) in [5.74, 6) is 1.97. The standard InChI is InChI=1S/C13H19FO2/c1-5-10-6-8-13(14,9-7-10)11(15)16-12(2,3)4/h1,10H,6-9H2,2-4H3. The molecule has 1 rings (SSSR count). The molecule has 0 aromatic carbocycles. The number of carbonyl (C=O) groups is 1. The minimum Gasteiger partial charge on any atom is -0.458 e. The first-order chi connectivity index (χ1) is 7.27. The zero-order chi connectivity index (χ0) is 12.4. The summed E-state index contributed by atoms with van der Waals surface area (Å²) in [6.45, 7) is 5.21. The summed E-state index contributed by atoms with van der Waals surface area (Å²) in [7, 11) is 0. The molecule has 1 aliphatic carbocycles. The largest absolute Gasteiger partial charge is 0.458 e. The van der Waals surface area contributed by atoms with Gasteiger partial charge in [-0.3, -0.25) is 0 Å². The summed E-state index contributed by atoms with van der Waals surface area (Å²) in [6.07, 6.45) is 6.76.